The molecule has 0 saturated carbocycles. The molecule has 2 N–H and O–H groups in total. The molecular weight excluding hydrogens is 246 g/mol. The van der Waals surface area contributed by atoms with E-state index in [0.717, 1.165) is 18.0 Å². The second-order valence-electron chi connectivity index (χ2n) is 6.15. The van der Waals surface area contributed by atoms with Crippen LogP contribution in [-0.4, -0.2) is 18.2 Å². The Balaban J connectivity index is 1.76. The Bertz CT molecular complexity index is 422. The lowest BCUT2D eigenvalue weighted by Gasteiger charge is -2.20. The van der Waals surface area contributed by atoms with E-state index in [1.807, 2.05) is 12.1 Å². The molecular formula is C18H27NO. The molecule has 0 fully saturated rings. The minimum absolute atomic E-state index is 0.407. The summed E-state index contributed by atoms with van der Waals surface area (Å²) in [5.74, 6) is 1.27. The highest BCUT2D eigenvalue weighted by molar-refractivity contribution is 5.26. The number of aliphatic hydroxyl groups excluding tert-OH is 1. The maximum Gasteiger partial charge on any atom is 0.0914 e. The Labute approximate surface area is 122 Å². The molecule has 2 nitrogen and oxygen atoms in total. The number of aliphatic hydroxyl groups is 1. The van der Waals surface area contributed by atoms with Gasteiger partial charge in [-0.1, -0.05) is 50.3 Å². The highest BCUT2D eigenvalue weighted by atomic mass is 16.3. The van der Waals surface area contributed by atoms with Crippen molar-refractivity contribution in [2.24, 2.45) is 5.92 Å². The molecule has 0 amide bonds. The zero-order valence-corrected chi connectivity index (χ0v) is 12.7. The van der Waals surface area contributed by atoms with E-state index in [9.17, 15) is 5.11 Å². The van der Waals surface area contributed by atoms with Gasteiger partial charge in [0, 0.05) is 6.54 Å². The van der Waals surface area contributed by atoms with Gasteiger partial charge < -0.3 is 10.4 Å². The number of rotatable bonds is 6. The first-order chi connectivity index (χ1) is 9.66. The van der Waals surface area contributed by atoms with Crippen LogP contribution in [-0.2, 0) is 0 Å². The van der Waals surface area contributed by atoms with Crippen molar-refractivity contribution in [2.75, 3.05) is 13.1 Å². The van der Waals surface area contributed by atoms with Crippen LogP contribution in [0.15, 0.2) is 36.4 Å². The number of benzene rings is 1. The fraction of sp³-hybridized carbons (Fsp3) is 0.556. The third kappa shape index (κ3) is 4.46. The first-order valence-electron chi connectivity index (χ1n) is 7.80. The fourth-order valence-electron chi connectivity index (χ4n) is 2.69. The largest absolute Gasteiger partial charge is 0.387 e. The molecule has 0 aromatic heterocycles. The average Bonchev–Trinajstić information content (AvgIpc) is 2.48. The minimum atomic E-state index is -0.407. The van der Waals surface area contributed by atoms with Crippen LogP contribution in [0, 0.1) is 5.92 Å². The molecule has 0 aliphatic heterocycles. The summed E-state index contributed by atoms with van der Waals surface area (Å²) in [4.78, 5) is 0. The lowest BCUT2D eigenvalue weighted by molar-refractivity contribution is 0.172. The van der Waals surface area contributed by atoms with Gasteiger partial charge in [-0.05, 0) is 48.8 Å². The van der Waals surface area contributed by atoms with Crippen molar-refractivity contribution >= 4 is 0 Å². The summed E-state index contributed by atoms with van der Waals surface area (Å²) in [6, 6.07) is 8.33. The molecule has 2 rings (SSSR count). The molecule has 2 unspecified atom stereocenters. The van der Waals surface area contributed by atoms with Crippen LogP contribution in [0.5, 0.6) is 0 Å². The van der Waals surface area contributed by atoms with Gasteiger partial charge in [0.2, 0.25) is 0 Å². The van der Waals surface area contributed by atoms with Crippen molar-refractivity contribution in [3.63, 3.8) is 0 Å². The average molecular weight is 273 g/mol. The first kappa shape index (κ1) is 15.3. The topological polar surface area (TPSA) is 32.3 Å². The fourth-order valence-corrected chi connectivity index (χ4v) is 2.69. The third-order valence-electron chi connectivity index (χ3n) is 4.14. The zero-order valence-electron chi connectivity index (χ0n) is 12.7. The van der Waals surface area contributed by atoms with Gasteiger partial charge in [-0.25, -0.2) is 0 Å². The maximum absolute atomic E-state index is 10.2. The summed E-state index contributed by atoms with van der Waals surface area (Å²) in [6.07, 6.45) is 7.77. The van der Waals surface area contributed by atoms with Gasteiger partial charge in [0.1, 0.15) is 0 Å². The molecule has 1 aromatic carbocycles. The molecule has 1 aliphatic carbocycles. The molecule has 0 radical (unpaired) electrons. The second-order valence-corrected chi connectivity index (χ2v) is 6.15. The summed E-state index contributed by atoms with van der Waals surface area (Å²) in [5, 5.41) is 13.6. The molecule has 110 valence electrons. The van der Waals surface area contributed by atoms with Gasteiger partial charge in [-0.15, -0.1) is 0 Å². The molecule has 1 aliphatic rings. The van der Waals surface area contributed by atoms with Crippen molar-refractivity contribution in [3.8, 4) is 0 Å². The smallest absolute Gasteiger partial charge is 0.0914 e. The maximum atomic E-state index is 10.2. The molecule has 0 saturated heterocycles. The third-order valence-corrected chi connectivity index (χ3v) is 4.14. The predicted molar refractivity (Wildman–Crippen MR) is 84.8 cm³/mol. The molecule has 20 heavy (non-hydrogen) atoms. The summed E-state index contributed by atoms with van der Waals surface area (Å²) in [6.45, 7) is 6.02. The van der Waals surface area contributed by atoms with E-state index in [4.69, 9.17) is 0 Å². The Kier molecular flexibility index (Phi) is 5.81. The van der Waals surface area contributed by atoms with Crippen LogP contribution >= 0.6 is 0 Å². The Morgan fingerprint density at radius 2 is 1.85 bits per heavy atom. The number of allylic oxidation sites excluding steroid dienone is 2. The Hall–Kier alpha value is -1.12. The SMILES string of the molecule is CC(C)c1ccc(C(O)CNCC2CC=CCC2)cc1. The van der Waals surface area contributed by atoms with Crippen LogP contribution in [0.25, 0.3) is 0 Å². The Morgan fingerprint density at radius 1 is 1.15 bits per heavy atom. The lowest BCUT2D eigenvalue weighted by Crippen LogP contribution is -2.27. The van der Waals surface area contributed by atoms with Crippen LogP contribution < -0.4 is 5.32 Å². The van der Waals surface area contributed by atoms with E-state index in [1.54, 1.807) is 0 Å². The zero-order chi connectivity index (χ0) is 14.4. The monoisotopic (exact) mass is 273 g/mol. The Morgan fingerprint density at radius 3 is 2.45 bits per heavy atom. The number of hydrogen-bond acceptors (Lipinski definition) is 2. The molecule has 0 bridgehead atoms. The van der Waals surface area contributed by atoms with Gasteiger partial charge in [-0.2, -0.15) is 0 Å². The normalized spacial score (nSPS) is 20.3. The van der Waals surface area contributed by atoms with Crippen molar-refractivity contribution in [1.29, 1.82) is 0 Å². The quantitative estimate of drug-likeness (QED) is 0.773. The highest BCUT2D eigenvalue weighted by Gasteiger charge is 2.11. The molecule has 0 spiro atoms. The standard InChI is InChI=1S/C18H27NO/c1-14(2)16-8-10-17(11-9-16)18(20)13-19-12-15-6-4-3-5-7-15/h3-4,8-11,14-15,18-20H,5-7,12-13H2,1-2H3. The van der Waals surface area contributed by atoms with Gasteiger partial charge in [-0.3, -0.25) is 0 Å². The highest BCUT2D eigenvalue weighted by Crippen LogP contribution is 2.19. The van der Waals surface area contributed by atoms with Gasteiger partial charge in [0.05, 0.1) is 6.10 Å². The molecule has 2 heteroatoms. The van der Waals surface area contributed by atoms with E-state index >= 15 is 0 Å². The van der Waals surface area contributed by atoms with E-state index in [1.165, 1.54) is 24.8 Å². The summed E-state index contributed by atoms with van der Waals surface area (Å²) < 4.78 is 0. The van der Waals surface area contributed by atoms with E-state index in [-0.39, 0.29) is 0 Å². The van der Waals surface area contributed by atoms with Crippen LogP contribution in [0.3, 0.4) is 0 Å². The van der Waals surface area contributed by atoms with Crippen molar-refractivity contribution in [2.45, 2.75) is 45.1 Å². The predicted octanol–water partition coefficient (Wildman–Crippen LogP) is 3.79. The summed E-state index contributed by atoms with van der Waals surface area (Å²) in [7, 11) is 0. The van der Waals surface area contributed by atoms with Gasteiger partial charge in [0.25, 0.3) is 0 Å². The van der Waals surface area contributed by atoms with Crippen LogP contribution in [0.4, 0.5) is 0 Å². The van der Waals surface area contributed by atoms with Crippen LogP contribution in [0.2, 0.25) is 0 Å². The number of hydrogen-bond donors (Lipinski definition) is 2. The number of nitrogens with one attached hydrogen (secondary N) is 1. The first-order valence-corrected chi connectivity index (χ1v) is 7.80. The van der Waals surface area contributed by atoms with E-state index in [2.05, 4.69) is 43.4 Å². The minimum Gasteiger partial charge on any atom is -0.387 e. The van der Waals surface area contributed by atoms with Crippen molar-refractivity contribution in [3.05, 3.63) is 47.5 Å². The van der Waals surface area contributed by atoms with Crippen LogP contribution in [0.1, 0.15) is 56.3 Å². The second kappa shape index (κ2) is 7.61. The molecule has 0 heterocycles. The molecule has 1 aromatic rings. The van der Waals surface area contributed by atoms with E-state index in [0.29, 0.717) is 12.5 Å². The van der Waals surface area contributed by atoms with Crippen molar-refractivity contribution in [1.82, 2.24) is 5.32 Å². The van der Waals surface area contributed by atoms with E-state index < -0.39 is 6.10 Å². The molecule has 2 atom stereocenters. The summed E-state index contributed by atoms with van der Waals surface area (Å²) >= 11 is 0. The van der Waals surface area contributed by atoms with Gasteiger partial charge >= 0.3 is 0 Å². The van der Waals surface area contributed by atoms with Crippen molar-refractivity contribution < 1.29 is 5.11 Å². The van der Waals surface area contributed by atoms with Gasteiger partial charge in [0.15, 0.2) is 0 Å². The lowest BCUT2D eigenvalue weighted by atomic mass is 9.94. The summed E-state index contributed by atoms with van der Waals surface area (Å²) in [5.41, 5.74) is 2.33.